The summed E-state index contributed by atoms with van der Waals surface area (Å²) in [6.07, 6.45) is 11.6. The number of amides is 2. The van der Waals surface area contributed by atoms with Crippen LogP contribution in [0.2, 0.25) is 5.04 Å². The number of aromatic nitrogens is 1. The van der Waals surface area contributed by atoms with Gasteiger partial charge in [0.1, 0.15) is 24.7 Å². The van der Waals surface area contributed by atoms with Crippen LogP contribution in [0.3, 0.4) is 0 Å². The molecule has 2 amide bonds. The van der Waals surface area contributed by atoms with Crippen LogP contribution in [0.25, 0.3) is 0 Å². The normalized spacial score (nSPS) is 17.1. The number of nitrogens with one attached hydrogen (secondary N) is 1. The van der Waals surface area contributed by atoms with Crippen molar-refractivity contribution in [2.24, 2.45) is 11.8 Å². The Morgan fingerprint density at radius 3 is 2.20 bits per heavy atom. The van der Waals surface area contributed by atoms with E-state index in [0.29, 0.717) is 25.3 Å². The van der Waals surface area contributed by atoms with Crippen molar-refractivity contribution in [3.05, 3.63) is 114 Å². The van der Waals surface area contributed by atoms with Gasteiger partial charge in [0.25, 0.3) is 14.2 Å². The molecule has 1 fully saturated rings. The molecule has 1 aliphatic rings. The van der Waals surface area contributed by atoms with Crippen LogP contribution in [-0.2, 0) is 23.5 Å². The average molecular weight is 768 g/mol. The third-order valence-corrected chi connectivity index (χ3v) is 15.0. The Labute approximate surface area is 327 Å². The van der Waals surface area contributed by atoms with Crippen molar-refractivity contribution in [1.82, 2.24) is 15.2 Å². The van der Waals surface area contributed by atoms with Gasteiger partial charge in [0, 0.05) is 32.4 Å². The quantitative estimate of drug-likeness (QED) is 0.0543. The summed E-state index contributed by atoms with van der Waals surface area (Å²) >= 11 is 0. The first-order valence-electron chi connectivity index (χ1n) is 19.1. The summed E-state index contributed by atoms with van der Waals surface area (Å²) < 4.78 is 18.3. The fourth-order valence-electron chi connectivity index (χ4n) is 7.25. The second kappa shape index (κ2) is 19.6. The summed E-state index contributed by atoms with van der Waals surface area (Å²) in [5.74, 6) is -1.01. The van der Waals surface area contributed by atoms with Gasteiger partial charge in [-0.3, -0.25) is 9.59 Å². The smallest absolute Gasteiger partial charge is 0.329 e. The number of likely N-dealkylation sites (tertiary alicyclic amines) is 1. The molecular weight excluding hydrogens is 711 g/mol. The van der Waals surface area contributed by atoms with Crippen LogP contribution in [0.15, 0.2) is 107 Å². The maximum absolute atomic E-state index is 13.3. The van der Waals surface area contributed by atoms with E-state index in [-0.39, 0.29) is 47.3 Å². The zero-order valence-corrected chi connectivity index (χ0v) is 34.5. The zero-order valence-electron chi connectivity index (χ0n) is 33.5. The highest BCUT2D eigenvalue weighted by Crippen LogP contribution is 2.38. The van der Waals surface area contributed by atoms with Crippen molar-refractivity contribution in [2.45, 2.75) is 97.9 Å². The van der Waals surface area contributed by atoms with Crippen molar-refractivity contribution < 1.29 is 32.8 Å². The van der Waals surface area contributed by atoms with Gasteiger partial charge in [0.15, 0.2) is 11.6 Å². The molecule has 1 N–H and O–H groups in total. The number of allylic oxidation sites excluding steroid dienone is 2. The maximum Gasteiger partial charge on any atom is 0.329 e. The standard InChI is InChI=1S/C44H57N3O7Si/c1-31(2)41(53-43(51)39-22-16-27-47(39)42(50)38-30-52-34(5)46-38)33(4)23-24-40(49)45-26-15-17-32(3)29-35(25-28-48)54-55(44(6,7)8,36-18-11-9-12-19-36)37-20-13-10-14-21-37/h9-15,17-21,23-24,28-31,33,35,39,41H,16,22,25-27H2,1-8H3,(H,45,49)/b17-15+,24-23+,32-29+/t33-,35+,39-,41-/m1/s1. The summed E-state index contributed by atoms with van der Waals surface area (Å²) in [6.45, 7) is 16.8. The molecule has 0 spiro atoms. The van der Waals surface area contributed by atoms with Crippen molar-refractivity contribution in [3.63, 3.8) is 0 Å². The van der Waals surface area contributed by atoms with E-state index in [0.717, 1.165) is 22.2 Å². The first-order chi connectivity index (χ1) is 26.2. The number of oxazole rings is 1. The number of benzene rings is 2. The van der Waals surface area contributed by atoms with Gasteiger partial charge in [0.05, 0.1) is 6.10 Å². The van der Waals surface area contributed by atoms with E-state index < -0.39 is 32.5 Å². The fraction of sp³-hybridized carbons (Fsp3) is 0.432. The average Bonchev–Trinajstić information content (AvgIpc) is 3.83. The fourth-order valence-corrected chi connectivity index (χ4v) is 11.9. The molecule has 1 aliphatic heterocycles. The molecule has 2 aromatic carbocycles. The minimum atomic E-state index is -2.88. The number of aryl methyl sites for hydroxylation is 1. The number of hydrogen-bond acceptors (Lipinski definition) is 8. The number of hydrogen-bond donors (Lipinski definition) is 1. The van der Waals surface area contributed by atoms with Gasteiger partial charge in [-0.05, 0) is 47.2 Å². The van der Waals surface area contributed by atoms with Crippen LogP contribution in [0.5, 0.6) is 0 Å². The number of rotatable bonds is 17. The third-order valence-electron chi connectivity index (χ3n) is 9.90. The minimum Gasteiger partial charge on any atom is -0.460 e. The topological polar surface area (TPSA) is 128 Å². The molecule has 294 valence electrons. The van der Waals surface area contributed by atoms with Gasteiger partial charge in [0.2, 0.25) is 5.91 Å². The van der Waals surface area contributed by atoms with Crippen LogP contribution in [-0.4, -0.2) is 73.6 Å². The summed E-state index contributed by atoms with van der Waals surface area (Å²) in [4.78, 5) is 56.7. The molecule has 1 saturated heterocycles. The Kier molecular flexibility index (Phi) is 15.3. The molecule has 4 atom stereocenters. The molecule has 0 radical (unpaired) electrons. The van der Waals surface area contributed by atoms with E-state index in [1.165, 1.54) is 17.2 Å². The predicted molar refractivity (Wildman–Crippen MR) is 217 cm³/mol. The number of ether oxygens (including phenoxy) is 1. The van der Waals surface area contributed by atoms with Crippen molar-refractivity contribution in [2.75, 3.05) is 13.1 Å². The van der Waals surface area contributed by atoms with Crippen molar-refractivity contribution in [1.29, 1.82) is 0 Å². The molecule has 11 heteroatoms. The lowest BCUT2D eigenvalue weighted by Gasteiger charge is -2.44. The first-order valence-corrected chi connectivity index (χ1v) is 21.1. The number of nitrogens with zero attached hydrogens (tertiary/aromatic N) is 2. The van der Waals surface area contributed by atoms with Gasteiger partial charge >= 0.3 is 5.97 Å². The maximum atomic E-state index is 13.3. The Morgan fingerprint density at radius 1 is 1.02 bits per heavy atom. The molecule has 10 nitrogen and oxygen atoms in total. The summed E-state index contributed by atoms with van der Waals surface area (Å²) in [7, 11) is -2.88. The molecule has 0 saturated carbocycles. The lowest BCUT2D eigenvalue weighted by Crippen LogP contribution is -2.67. The highest BCUT2D eigenvalue weighted by atomic mass is 28.4. The molecule has 55 heavy (non-hydrogen) atoms. The van der Waals surface area contributed by atoms with E-state index in [4.69, 9.17) is 13.6 Å². The highest BCUT2D eigenvalue weighted by molar-refractivity contribution is 6.99. The number of esters is 1. The highest BCUT2D eigenvalue weighted by Gasteiger charge is 2.51. The van der Waals surface area contributed by atoms with Crippen molar-refractivity contribution >= 4 is 42.8 Å². The monoisotopic (exact) mass is 767 g/mol. The third kappa shape index (κ3) is 11.1. The van der Waals surface area contributed by atoms with Gasteiger partial charge in [-0.1, -0.05) is 132 Å². The number of carbonyl (C=O) groups is 4. The Balaban J connectivity index is 1.37. The van der Waals surface area contributed by atoms with E-state index >= 15 is 0 Å². The Bertz CT molecular complexity index is 1790. The van der Waals surface area contributed by atoms with Crippen LogP contribution >= 0.6 is 0 Å². The Hall–Kier alpha value is -4.87. The second-order valence-electron chi connectivity index (χ2n) is 15.6. The second-order valence-corrected chi connectivity index (χ2v) is 19.8. The summed E-state index contributed by atoms with van der Waals surface area (Å²) in [6, 6.07) is 20.0. The SMILES string of the molecule is CC(/C=C/CNC(=O)/C=C/[C@@H](C)[C@H](OC(=O)[C@H]1CCCN1C(=O)c1coc(C)n1)C(C)C)=C\[C@H](CC=O)O[Si](c1ccccc1)(c1ccccc1)C(C)(C)C. The molecule has 4 rings (SSSR count). The zero-order chi connectivity index (χ0) is 40.2. The molecular formula is C44H57N3O7Si. The predicted octanol–water partition coefficient (Wildman–Crippen LogP) is 6.50. The summed E-state index contributed by atoms with van der Waals surface area (Å²) in [5, 5.41) is 4.92. The van der Waals surface area contributed by atoms with Crippen LogP contribution in [0.1, 0.15) is 84.1 Å². The summed E-state index contributed by atoms with van der Waals surface area (Å²) in [5.41, 5.74) is 1.08. The minimum absolute atomic E-state index is 0.0308. The number of carbonyl (C=O) groups excluding carboxylic acids is 4. The largest absolute Gasteiger partial charge is 0.460 e. The van der Waals surface area contributed by atoms with E-state index in [2.05, 4.69) is 55.3 Å². The lowest BCUT2D eigenvalue weighted by atomic mass is 9.94. The number of aldehydes is 1. The van der Waals surface area contributed by atoms with Gasteiger partial charge in [-0.2, -0.15) is 0 Å². The molecule has 3 aromatic rings. The Morgan fingerprint density at radius 2 is 1.65 bits per heavy atom. The molecule has 0 aliphatic carbocycles. The van der Waals surface area contributed by atoms with Crippen LogP contribution in [0.4, 0.5) is 0 Å². The van der Waals surface area contributed by atoms with Crippen LogP contribution in [0, 0.1) is 18.8 Å². The lowest BCUT2D eigenvalue weighted by molar-refractivity contribution is -0.158. The molecule has 0 bridgehead atoms. The van der Waals surface area contributed by atoms with E-state index in [1.807, 2.05) is 82.3 Å². The van der Waals surface area contributed by atoms with Crippen molar-refractivity contribution in [3.8, 4) is 0 Å². The van der Waals surface area contributed by atoms with Gasteiger partial charge in [-0.25, -0.2) is 9.78 Å². The molecule has 0 unspecified atom stereocenters. The van der Waals surface area contributed by atoms with Crippen LogP contribution < -0.4 is 15.7 Å². The molecule has 2 heterocycles. The van der Waals surface area contributed by atoms with E-state index in [1.54, 1.807) is 13.0 Å². The van der Waals surface area contributed by atoms with Gasteiger partial charge in [-0.15, -0.1) is 0 Å². The van der Waals surface area contributed by atoms with E-state index in [9.17, 15) is 19.2 Å². The van der Waals surface area contributed by atoms with Gasteiger partial charge < -0.3 is 28.6 Å². The molecule has 1 aromatic heterocycles. The first kappa shape index (κ1) is 42.9.